The highest BCUT2D eigenvalue weighted by atomic mass is 35.5. The van der Waals surface area contributed by atoms with Gasteiger partial charge in [-0.25, -0.2) is 0 Å². The number of nitrogens with zero attached hydrogens (tertiary/aromatic N) is 1. The van der Waals surface area contributed by atoms with Gasteiger partial charge in [-0.15, -0.1) is 0 Å². The van der Waals surface area contributed by atoms with Gasteiger partial charge in [-0.05, 0) is 31.2 Å². The maximum atomic E-state index is 5.99. The lowest BCUT2D eigenvalue weighted by atomic mass is 10.2. The monoisotopic (exact) mass is 291 g/mol. The molecule has 0 saturated carbocycles. The van der Waals surface area contributed by atoms with Gasteiger partial charge in [-0.1, -0.05) is 41.1 Å². The van der Waals surface area contributed by atoms with Crippen LogP contribution in [-0.4, -0.2) is 11.6 Å². The molecule has 0 fully saturated rings. The standard InChI is InChI=1S/C15H11Cl2NO/c1-11-7-8-12(10-18-11)4-3-9-19-14-6-2-5-13(16)15(14)17/h2,5-8,10H,9H2,1H3. The fourth-order valence-electron chi connectivity index (χ4n) is 1.39. The van der Waals surface area contributed by atoms with Crippen LogP contribution in [0.5, 0.6) is 5.75 Å². The smallest absolute Gasteiger partial charge is 0.149 e. The van der Waals surface area contributed by atoms with Gasteiger partial charge in [0.05, 0.1) is 5.02 Å². The zero-order chi connectivity index (χ0) is 13.7. The number of benzene rings is 1. The summed E-state index contributed by atoms with van der Waals surface area (Å²) in [6, 6.07) is 9.07. The predicted octanol–water partition coefficient (Wildman–Crippen LogP) is 4.13. The predicted molar refractivity (Wildman–Crippen MR) is 77.8 cm³/mol. The first kappa shape index (κ1) is 13.7. The molecule has 19 heavy (non-hydrogen) atoms. The Bertz CT molecular complexity index is 627. The Kier molecular flexibility index (Phi) is 4.68. The number of rotatable bonds is 2. The van der Waals surface area contributed by atoms with E-state index in [-0.39, 0.29) is 6.61 Å². The summed E-state index contributed by atoms with van der Waals surface area (Å²) in [5.74, 6) is 6.40. The first-order valence-corrected chi connectivity index (χ1v) is 6.41. The summed E-state index contributed by atoms with van der Waals surface area (Å²) in [5, 5.41) is 0.873. The minimum atomic E-state index is 0.244. The minimum Gasteiger partial charge on any atom is -0.479 e. The van der Waals surface area contributed by atoms with Crippen molar-refractivity contribution < 1.29 is 4.74 Å². The van der Waals surface area contributed by atoms with E-state index in [0.29, 0.717) is 15.8 Å². The van der Waals surface area contributed by atoms with Gasteiger partial charge < -0.3 is 4.74 Å². The summed E-state index contributed by atoms with van der Waals surface area (Å²) < 4.78 is 5.45. The van der Waals surface area contributed by atoms with Crippen LogP contribution in [0, 0.1) is 18.8 Å². The van der Waals surface area contributed by atoms with Crippen LogP contribution in [0.1, 0.15) is 11.3 Å². The van der Waals surface area contributed by atoms with Gasteiger partial charge in [0.15, 0.2) is 0 Å². The molecule has 0 saturated heterocycles. The minimum absolute atomic E-state index is 0.244. The van der Waals surface area contributed by atoms with Crippen LogP contribution in [-0.2, 0) is 0 Å². The highest BCUT2D eigenvalue weighted by molar-refractivity contribution is 6.42. The third kappa shape index (κ3) is 3.89. The van der Waals surface area contributed by atoms with Gasteiger partial charge in [0.2, 0.25) is 0 Å². The van der Waals surface area contributed by atoms with Crippen LogP contribution in [0.25, 0.3) is 0 Å². The number of aryl methyl sites for hydroxylation is 1. The highest BCUT2D eigenvalue weighted by Crippen LogP contribution is 2.31. The number of ether oxygens (including phenoxy) is 1. The van der Waals surface area contributed by atoms with Crippen LogP contribution < -0.4 is 4.74 Å². The van der Waals surface area contributed by atoms with E-state index in [1.165, 1.54) is 0 Å². The Hall–Kier alpha value is -1.69. The number of halogens is 2. The summed E-state index contributed by atoms with van der Waals surface area (Å²) >= 11 is 11.9. The van der Waals surface area contributed by atoms with E-state index >= 15 is 0 Å². The van der Waals surface area contributed by atoms with Crippen molar-refractivity contribution in [2.45, 2.75) is 6.92 Å². The average Bonchev–Trinajstić information content (AvgIpc) is 2.41. The third-order valence-electron chi connectivity index (χ3n) is 2.36. The van der Waals surface area contributed by atoms with Crippen molar-refractivity contribution in [3.8, 4) is 17.6 Å². The zero-order valence-electron chi connectivity index (χ0n) is 10.3. The van der Waals surface area contributed by atoms with Crippen LogP contribution in [0.4, 0.5) is 0 Å². The molecule has 0 atom stereocenters. The van der Waals surface area contributed by atoms with Crippen molar-refractivity contribution in [1.82, 2.24) is 4.98 Å². The molecule has 1 heterocycles. The Morgan fingerprint density at radius 1 is 1.21 bits per heavy atom. The molecule has 2 nitrogen and oxygen atoms in total. The van der Waals surface area contributed by atoms with Gasteiger partial charge in [0.25, 0.3) is 0 Å². The first-order valence-electron chi connectivity index (χ1n) is 5.65. The van der Waals surface area contributed by atoms with Crippen molar-refractivity contribution in [2.75, 3.05) is 6.61 Å². The van der Waals surface area contributed by atoms with Crippen molar-refractivity contribution in [2.24, 2.45) is 0 Å². The lowest BCUT2D eigenvalue weighted by molar-refractivity contribution is 0.370. The summed E-state index contributed by atoms with van der Waals surface area (Å²) in [6.07, 6.45) is 1.73. The second-order valence-corrected chi connectivity index (χ2v) is 4.62. The molecule has 1 aromatic heterocycles. The lowest BCUT2D eigenvalue weighted by Crippen LogP contribution is -1.94. The number of aromatic nitrogens is 1. The molecule has 96 valence electrons. The van der Waals surface area contributed by atoms with Crippen LogP contribution in [0.3, 0.4) is 0 Å². The quantitative estimate of drug-likeness (QED) is 0.776. The molecule has 2 aromatic rings. The molecule has 0 aliphatic rings. The van der Waals surface area contributed by atoms with Crippen molar-refractivity contribution >= 4 is 23.2 Å². The van der Waals surface area contributed by atoms with Gasteiger partial charge in [0, 0.05) is 17.5 Å². The summed E-state index contributed by atoms with van der Waals surface area (Å²) in [7, 11) is 0. The lowest BCUT2D eigenvalue weighted by Gasteiger charge is -2.04. The maximum Gasteiger partial charge on any atom is 0.149 e. The van der Waals surface area contributed by atoms with E-state index in [9.17, 15) is 0 Å². The van der Waals surface area contributed by atoms with Crippen LogP contribution in [0.15, 0.2) is 36.5 Å². The molecule has 1 aromatic carbocycles. The summed E-state index contributed by atoms with van der Waals surface area (Å²) in [5.41, 5.74) is 1.82. The molecule has 0 N–H and O–H groups in total. The maximum absolute atomic E-state index is 5.99. The molecule has 0 unspecified atom stereocenters. The third-order valence-corrected chi connectivity index (χ3v) is 3.16. The molecule has 0 bridgehead atoms. The SMILES string of the molecule is Cc1ccc(C#CCOc2cccc(Cl)c2Cl)cn1. The summed E-state index contributed by atoms with van der Waals surface area (Å²) in [6.45, 7) is 2.18. The number of hydrogen-bond donors (Lipinski definition) is 0. The molecule has 0 amide bonds. The molecule has 2 rings (SSSR count). The Morgan fingerprint density at radius 2 is 2.05 bits per heavy atom. The van der Waals surface area contributed by atoms with E-state index in [0.717, 1.165) is 11.3 Å². The van der Waals surface area contributed by atoms with Crippen LogP contribution >= 0.6 is 23.2 Å². The van der Waals surface area contributed by atoms with Crippen molar-refractivity contribution in [1.29, 1.82) is 0 Å². The summed E-state index contributed by atoms with van der Waals surface area (Å²) in [4.78, 5) is 4.16. The average molecular weight is 292 g/mol. The van der Waals surface area contributed by atoms with Crippen LogP contribution in [0.2, 0.25) is 10.0 Å². The highest BCUT2D eigenvalue weighted by Gasteiger charge is 2.03. The molecule has 0 aliphatic heterocycles. The second kappa shape index (κ2) is 6.47. The first-order chi connectivity index (χ1) is 9.16. The molecular weight excluding hydrogens is 281 g/mol. The van der Waals surface area contributed by atoms with Gasteiger partial charge in [0.1, 0.15) is 17.4 Å². The normalized spacial score (nSPS) is 9.63. The number of pyridine rings is 1. The largest absolute Gasteiger partial charge is 0.479 e. The Morgan fingerprint density at radius 3 is 2.79 bits per heavy atom. The Balaban J connectivity index is 1.97. The van der Waals surface area contributed by atoms with E-state index in [2.05, 4.69) is 16.8 Å². The zero-order valence-corrected chi connectivity index (χ0v) is 11.8. The van der Waals surface area contributed by atoms with E-state index in [1.807, 2.05) is 19.1 Å². The van der Waals surface area contributed by atoms with Gasteiger partial charge in [-0.3, -0.25) is 4.98 Å². The van der Waals surface area contributed by atoms with E-state index in [1.54, 1.807) is 24.4 Å². The molecule has 0 radical (unpaired) electrons. The second-order valence-electron chi connectivity index (χ2n) is 3.83. The van der Waals surface area contributed by atoms with Gasteiger partial charge >= 0.3 is 0 Å². The van der Waals surface area contributed by atoms with Gasteiger partial charge in [-0.2, -0.15) is 0 Å². The van der Waals surface area contributed by atoms with E-state index < -0.39 is 0 Å². The fourth-order valence-corrected chi connectivity index (χ4v) is 1.74. The van der Waals surface area contributed by atoms with Crippen molar-refractivity contribution in [3.05, 3.63) is 57.8 Å². The molecule has 4 heteroatoms. The molecule has 0 aliphatic carbocycles. The topological polar surface area (TPSA) is 22.1 Å². The van der Waals surface area contributed by atoms with Crippen molar-refractivity contribution in [3.63, 3.8) is 0 Å². The number of hydrogen-bond acceptors (Lipinski definition) is 2. The fraction of sp³-hybridized carbons (Fsp3) is 0.133. The Labute approximate surface area is 122 Å². The molecule has 0 spiro atoms. The van der Waals surface area contributed by atoms with E-state index in [4.69, 9.17) is 27.9 Å². The molecular formula is C15H11Cl2NO.